The molecular weight excluding hydrogens is 284 g/mol. The molecule has 0 atom stereocenters. The second-order valence-electron chi connectivity index (χ2n) is 4.92. The van der Waals surface area contributed by atoms with Crippen molar-refractivity contribution in [1.82, 2.24) is 9.55 Å². The Balaban J connectivity index is 2.44. The van der Waals surface area contributed by atoms with Gasteiger partial charge in [-0.1, -0.05) is 36.7 Å². The van der Waals surface area contributed by atoms with E-state index >= 15 is 0 Å². The minimum Gasteiger partial charge on any atom is -0.268 e. The van der Waals surface area contributed by atoms with Crippen LogP contribution in [0.25, 0.3) is 16.6 Å². The van der Waals surface area contributed by atoms with Gasteiger partial charge in [0.1, 0.15) is 5.82 Å². The summed E-state index contributed by atoms with van der Waals surface area (Å²) in [6.07, 6.45) is 0.673. The van der Waals surface area contributed by atoms with Crippen LogP contribution in [0.2, 0.25) is 5.02 Å². The van der Waals surface area contributed by atoms with Gasteiger partial charge in [0.05, 0.1) is 16.6 Å². The van der Waals surface area contributed by atoms with E-state index < -0.39 is 0 Å². The van der Waals surface area contributed by atoms with Gasteiger partial charge in [-0.3, -0.25) is 9.36 Å². The molecule has 3 nitrogen and oxygen atoms in total. The third kappa shape index (κ3) is 2.24. The first-order valence-electron chi connectivity index (χ1n) is 6.89. The predicted molar refractivity (Wildman–Crippen MR) is 86.5 cm³/mol. The second-order valence-corrected chi connectivity index (χ2v) is 5.33. The van der Waals surface area contributed by atoms with E-state index in [0.717, 1.165) is 22.6 Å². The first-order valence-corrected chi connectivity index (χ1v) is 7.27. The molecule has 4 heteroatoms. The van der Waals surface area contributed by atoms with Gasteiger partial charge in [-0.25, -0.2) is 4.98 Å². The van der Waals surface area contributed by atoms with E-state index in [0.29, 0.717) is 16.8 Å². The Hall–Kier alpha value is -2.13. The van der Waals surface area contributed by atoms with Crippen LogP contribution in [0.4, 0.5) is 0 Å². The van der Waals surface area contributed by atoms with Crippen LogP contribution < -0.4 is 5.56 Å². The molecule has 2 aromatic carbocycles. The summed E-state index contributed by atoms with van der Waals surface area (Å²) in [7, 11) is 0. The number of nitrogens with zero attached hydrogens (tertiary/aromatic N) is 2. The summed E-state index contributed by atoms with van der Waals surface area (Å²) < 4.78 is 1.67. The number of hydrogen-bond donors (Lipinski definition) is 0. The molecule has 0 aliphatic heterocycles. The van der Waals surface area contributed by atoms with Crippen LogP contribution in [-0.2, 0) is 6.42 Å². The fourth-order valence-electron chi connectivity index (χ4n) is 2.50. The monoisotopic (exact) mass is 298 g/mol. The number of fused-ring (bicyclic) bond motifs is 1. The lowest BCUT2D eigenvalue weighted by atomic mass is 10.1. The lowest BCUT2D eigenvalue weighted by Crippen LogP contribution is -2.24. The molecule has 106 valence electrons. The van der Waals surface area contributed by atoms with Gasteiger partial charge in [0.25, 0.3) is 5.56 Å². The van der Waals surface area contributed by atoms with Crippen LogP contribution in [0.1, 0.15) is 18.3 Å². The smallest absolute Gasteiger partial charge is 0.265 e. The highest BCUT2D eigenvalue weighted by atomic mass is 35.5. The molecular formula is C17H15ClN2O. The van der Waals surface area contributed by atoms with Crippen LogP contribution in [-0.4, -0.2) is 9.55 Å². The Labute approximate surface area is 127 Å². The van der Waals surface area contributed by atoms with Crippen molar-refractivity contribution in [2.45, 2.75) is 20.3 Å². The van der Waals surface area contributed by atoms with E-state index in [1.165, 1.54) is 0 Å². The van der Waals surface area contributed by atoms with E-state index in [2.05, 4.69) is 4.98 Å². The summed E-state index contributed by atoms with van der Waals surface area (Å²) in [6.45, 7) is 3.91. The predicted octanol–water partition coefficient (Wildman–Crippen LogP) is 3.91. The number of aryl methyl sites for hydroxylation is 1. The summed E-state index contributed by atoms with van der Waals surface area (Å²) in [4.78, 5) is 17.5. The van der Waals surface area contributed by atoms with E-state index in [9.17, 15) is 4.79 Å². The van der Waals surface area contributed by atoms with Gasteiger partial charge in [-0.2, -0.15) is 0 Å². The molecule has 0 N–H and O–H groups in total. The summed E-state index contributed by atoms with van der Waals surface area (Å²) in [5.74, 6) is 0.740. The Kier molecular flexibility index (Phi) is 3.52. The maximum atomic E-state index is 12.9. The second kappa shape index (κ2) is 5.34. The SMILES string of the molecule is CCc1nc2ccccc2c(=O)n1-c1cccc(Cl)c1C. The van der Waals surface area contributed by atoms with E-state index in [1.54, 1.807) is 10.6 Å². The first kappa shape index (κ1) is 13.8. The quantitative estimate of drug-likeness (QED) is 0.719. The van der Waals surface area contributed by atoms with E-state index in [-0.39, 0.29) is 5.56 Å². The molecule has 0 radical (unpaired) electrons. The van der Waals surface area contributed by atoms with Crippen LogP contribution in [0.5, 0.6) is 0 Å². The van der Waals surface area contributed by atoms with Gasteiger partial charge >= 0.3 is 0 Å². The molecule has 1 aromatic heterocycles. The summed E-state index contributed by atoms with van der Waals surface area (Å²) >= 11 is 6.19. The van der Waals surface area contributed by atoms with Crippen molar-refractivity contribution in [3.8, 4) is 5.69 Å². The van der Waals surface area contributed by atoms with Crippen molar-refractivity contribution in [3.05, 3.63) is 69.2 Å². The maximum absolute atomic E-state index is 12.9. The summed E-state index contributed by atoms with van der Waals surface area (Å²) in [6, 6.07) is 13.0. The molecule has 21 heavy (non-hydrogen) atoms. The molecule has 0 aliphatic carbocycles. The number of para-hydroxylation sites is 1. The molecule has 0 aliphatic rings. The molecule has 3 aromatic rings. The highest BCUT2D eigenvalue weighted by Gasteiger charge is 2.13. The van der Waals surface area contributed by atoms with Crippen molar-refractivity contribution in [1.29, 1.82) is 0 Å². The van der Waals surface area contributed by atoms with Crippen LogP contribution >= 0.6 is 11.6 Å². The van der Waals surface area contributed by atoms with Crippen molar-refractivity contribution in [2.75, 3.05) is 0 Å². The number of benzene rings is 2. The van der Waals surface area contributed by atoms with Crippen molar-refractivity contribution in [3.63, 3.8) is 0 Å². The number of hydrogen-bond acceptors (Lipinski definition) is 2. The van der Waals surface area contributed by atoms with Gasteiger partial charge in [-0.05, 0) is 36.8 Å². The Morgan fingerprint density at radius 1 is 1.14 bits per heavy atom. The van der Waals surface area contributed by atoms with Gasteiger partial charge in [0.2, 0.25) is 0 Å². The summed E-state index contributed by atoms with van der Waals surface area (Å²) in [5, 5.41) is 1.27. The highest BCUT2D eigenvalue weighted by Crippen LogP contribution is 2.23. The zero-order chi connectivity index (χ0) is 15.0. The van der Waals surface area contributed by atoms with Gasteiger partial charge in [0, 0.05) is 11.4 Å². The van der Waals surface area contributed by atoms with Crippen LogP contribution in [0.15, 0.2) is 47.3 Å². The summed E-state index contributed by atoms with van der Waals surface area (Å²) in [5.41, 5.74) is 2.36. The molecule has 0 saturated heterocycles. The standard InChI is InChI=1S/C17H15ClN2O/c1-3-16-19-14-9-5-4-7-12(14)17(21)20(16)15-10-6-8-13(18)11(15)2/h4-10H,3H2,1-2H3. The van der Waals surface area contributed by atoms with Gasteiger partial charge < -0.3 is 0 Å². The highest BCUT2D eigenvalue weighted by molar-refractivity contribution is 6.31. The largest absolute Gasteiger partial charge is 0.268 e. The van der Waals surface area contributed by atoms with E-state index in [1.807, 2.05) is 50.2 Å². The fourth-order valence-corrected chi connectivity index (χ4v) is 2.67. The zero-order valence-electron chi connectivity index (χ0n) is 11.9. The van der Waals surface area contributed by atoms with Crippen molar-refractivity contribution < 1.29 is 0 Å². The number of rotatable bonds is 2. The Bertz CT molecular complexity index is 884. The topological polar surface area (TPSA) is 34.9 Å². The lowest BCUT2D eigenvalue weighted by Gasteiger charge is -2.15. The maximum Gasteiger partial charge on any atom is 0.265 e. The number of halogens is 1. The average molecular weight is 299 g/mol. The molecule has 0 bridgehead atoms. The zero-order valence-corrected chi connectivity index (χ0v) is 12.7. The minimum absolute atomic E-state index is 0.0529. The first-order chi connectivity index (χ1) is 10.1. The molecule has 0 saturated carbocycles. The van der Waals surface area contributed by atoms with Crippen molar-refractivity contribution >= 4 is 22.5 Å². The van der Waals surface area contributed by atoms with Crippen molar-refractivity contribution in [2.24, 2.45) is 0 Å². The third-order valence-electron chi connectivity index (χ3n) is 3.64. The van der Waals surface area contributed by atoms with Gasteiger partial charge in [-0.15, -0.1) is 0 Å². The fraction of sp³-hybridized carbons (Fsp3) is 0.176. The molecule has 0 unspecified atom stereocenters. The minimum atomic E-state index is -0.0529. The lowest BCUT2D eigenvalue weighted by molar-refractivity contribution is 0.829. The average Bonchev–Trinajstić information content (AvgIpc) is 2.50. The molecule has 0 spiro atoms. The van der Waals surface area contributed by atoms with E-state index in [4.69, 9.17) is 11.6 Å². The normalized spacial score (nSPS) is 11.0. The molecule has 0 amide bonds. The van der Waals surface area contributed by atoms with Crippen LogP contribution in [0, 0.1) is 6.92 Å². The molecule has 3 rings (SSSR count). The molecule has 0 fully saturated rings. The Morgan fingerprint density at radius 2 is 1.90 bits per heavy atom. The number of aromatic nitrogens is 2. The third-order valence-corrected chi connectivity index (χ3v) is 4.05. The van der Waals surface area contributed by atoms with Gasteiger partial charge in [0.15, 0.2) is 0 Å². The molecule has 1 heterocycles. The Morgan fingerprint density at radius 3 is 2.67 bits per heavy atom. The van der Waals surface area contributed by atoms with Crippen LogP contribution in [0.3, 0.4) is 0 Å².